The SMILES string of the molecule is CC.CC.CO.[B]C1([B])Oc2ccc(CCN)cc2O1. The molecule has 0 bridgehead atoms. The molecule has 0 aliphatic carbocycles. The summed E-state index contributed by atoms with van der Waals surface area (Å²) in [5.74, 6) is 1.14. The summed E-state index contributed by atoms with van der Waals surface area (Å²) in [5, 5.41) is 7.00. The van der Waals surface area contributed by atoms with E-state index < -0.39 is 5.59 Å². The Balaban J connectivity index is 0. The van der Waals surface area contributed by atoms with E-state index in [0.717, 1.165) is 19.1 Å². The van der Waals surface area contributed by atoms with E-state index in [4.69, 9.17) is 36.0 Å². The van der Waals surface area contributed by atoms with Gasteiger partial charge < -0.3 is 20.3 Å². The third kappa shape index (κ3) is 6.87. The van der Waals surface area contributed by atoms with Gasteiger partial charge in [-0.05, 0) is 30.7 Å². The van der Waals surface area contributed by atoms with Gasteiger partial charge in [-0.1, -0.05) is 33.8 Å². The Labute approximate surface area is 125 Å². The van der Waals surface area contributed by atoms with E-state index in [9.17, 15) is 0 Å². The fourth-order valence-electron chi connectivity index (χ4n) is 1.40. The third-order valence-corrected chi connectivity index (χ3v) is 1.98. The number of aliphatic hydroxyl groups is 1. The predicted octanol–water partition coefficient (Wildman–Crippen LogP) is 1.57. The maximum atomic E-state index is 7.00. The number of ether oxygens (including phenoxy) is 2. The highest BCUT2D eigenvalue weighted by molar-refractivity contribution is 6.38. The van der Waals surface area contributed by atoms with Crippen LogP contribution in [0.5, 0.6) is 11.5 Å². The Morgan fingerprint density at radius 1 is 1.05 bits per heavy atom. The predicted molar refractivity (Wildman–Crippen MR) is 85.5 cm³/mol. The van der Waals surface area contributed by atoms with E-state index in [-0.39, 0.29) is 0 Å². The Kier molecular flexibility index (Phi) is 12.4. The lowest BCUT2D eigenvalue weighted by Gasteiger charge is -2.18. The first kappa shape index (κ1) is 21.2. The van der Waals surface area contributed by atoms with E-state index in [2.05, 4.69) is 0 Å². The van der Waals surface area contributed by atoms with Gasteiger partial charge in [0.25, 0.3) is 0 Å². The minimum Gasteiger partial charge on any atom is -0.468 e. The van der Waals surface area contributed by atoms with Crippen molar-refractivity contribution >= 4 is 15.7 Å². The molecule has 2 rings (SSSR count). The first-order valence-electron chi connectivity index (χ1n) is 6.84. The smallest absolute Gasteiger partial charge is 0.175 e. The van der Waals surface area contributed by atoms with E-state index in [1.54, 1.807) is 6.07 Å². The summed E-state index contributed by atoms with van der Waals surface area (Å²) in [5.41, 5.74) is 4.98. The Morgan fingerprint density at radius 3 is 2.05 bits per heavy atom. The zero-order valence-electron chi connectivity index (χ0n) is 13.1. The number of hydrogen-bond donors (Lipinski definition) is 2. The number of aliphatic hydroxyl groups excluding tert-OH is 1. The van der Waals surface area contributed by atoms with Crippen molar-refractivity contribution in [2.24, 2.45) is 5.73 Å². The van der Waals surface area contributed by atoms with Crippen molar-refractivity contribution in [1.82, 2.24) is 0 Å². The fourth-order valence-corrected chi connectivity index (χ4v) is 1.40. The number of hydrogen-bond acceptors (Lipinski definition) is 4. The zero-order chi connectivity index (χ0) is 16.2. The van der Waals surface area contributed by atoms with Crippen LogP contribution in [0.2, 0.25) is 0 Å². The Hall–Kier alpha value is -1.13. The summed E-state index contributed by atoms with van der Waals surface area (Å²) >= 11 is 0. The molecule has 110 valence electrons. The van der Waals surface area contributed by atoms with E-state index >= 15 is 0 Å². The summed E-state index contributed by atoms with van der Waals surface area (Å²) < 4.78 is 10.3. The second-order valence-corrected chi connectivity index (χ2v) is 3.25. The summed E-state index contributed by atoms with van der Waals surface area (Å²) in [6.45, 7) is 8.59. The number of nitrogens with two attached hydrogens (primary N) is 1. The molecular formula is C14H25B2NO3. The van der Waals surface area contributed by atoms with E-state index in [1.807, 2.05) is 39.8 Å². The second kappa shape index (κ2) is 11.7. The lowest BCUT2D eigenvalue weighted by Crippen LogP contribution is -2.39. The van der Waals surface area contributed by atoms with Gasteiger partial charge in [0, 0.05) is 7.11 Å². The summed E-state index contributed by atoms with van der Waals surface area (Å²) in [6.07, 6.45) is 0.790. The molecule has 0 saturated heterocycles. The molecule has 4 radical (unpaired) electrons. The largest absolute Gasteiger partial charge is 0.468 e. The average molecular weight is 277 g/mol. The lowest BCUT2D eigenvalue weighted by atomic mass is 9.76. The van der Waals surface area contributed by atoms with Crippen LogP contribution < -0.4 is 15.2 Å². The van der Waals surface area contributed by atoms with Gasteiger partial charge in [0.15, 0.2) is 32.8 Å². The molecule has 20 heavy (non-hydrogen) atoms. The van der Waals surface area contributed by atoms with Crippen molar-refractivity contribution in [3.05, 3.63) is 23.8 Å². The normalized spacial score (nSPS) is 12.8. The molecule has 4 nitrogen and oxygen atoms in total. The van der Waals surface area contributed by atoms with Gasteiger partial charge in [0.05, 0.1) is 0 Å². The summed E-state index contributed by atoms with van der Waals surface area (Å²) in [4.78, 5) is 0. The highest BCUT2D eigenvalue weighted by atomic mass is 16.7. The molecule has 1 heterocycles. The van der Waals surface area contributed by atoms with Gasteiger partial charge in [0.1, 0.15) is 0 Å². The van der Waals surface area contributed by atoms with Crippen LogP contribution in [-0.2, 0) is 6.42 Å². The van der Waals surface area contributed by atoms with Gasteiger partial charge in [-0.15, -0.1) is 0 Å². The standard InChI is InChI=1S/C9H9B2NO2.2C2H6.CH4O/c10-9(11)13-7-2-1-6(3-4-12)5-8(7)14-9;3*1-2/h1-2,5H,3-4,12H2;2*1-2H3;2H,1H3. The van der Waals surface area contributed by atoms with Gasteiger partial charge >= 0.3 is 0 Å². The van der Waals surface area contributed by atoms with Crippen LogP contribution in [0.25, 0.3) is 0 Å². The molecule has 3 N–H and O–H groups in total. The van der Waals surface area contributed by atoms with Crippen molar-refractivity contribution in [3.63, 3.8) is 0 Å². The van der Waals surface area contributed by atoms with Crippen LogP contribution >= 0.6 is 0 Å². The van der Waals surface area contributed by atoms with Crippen LogP contribution in [0, 0.1) is 0 Å². The molecule has 1 aliphatic rings. The van der Waals surface area contributed by atoms with Crippen molar-refractivity contribution in [1.29, 1.82) is 0 Å². The molecular weight excluding hydrogens is 252 g/mol. The first-order valence-corrected chi connectivity index (χ1v) is 6.84. The molecule has 0 aromatic heterocycles. The molecule has 1 aromatic rings. The zero-order valence-corrected chi connectivity index (χ0v) is 13.1. The molecule has 0 unspecified atom stereocenters. The van der Waals surface area contributed by atoms with E-state index in [1.165, 1.54) is 0 Å². The van der Waals surface area contributed by atoms with Crippen LogP contribution in [0.1, 0.15) is 33.3 Å². The summed E-state index contributed by atoms with van der Waals surface area (Å²) in [6, 6.07) is 5.53. The monoisotopic (exact) mass is 277 g/mol. The topological polar surface area (TPSA) is 64.7 Å². The molecule has 6 heteroatoms. The quantitative estimate of drug-likeness (QED) is 0.805. The molecule has 0 atom stereocenters. The molecule has 0 amide bonds. The van der Waals surface area contributed by atoms with E-state index in [0.29, 0.717) is 18.0 Å². The number of rotatable bonds is 2. The average Bonchev–Trinajstić information content (AvgIpc) is 2.79. The maximum absolute atomic E-state index is 7.00. The van der Waals surface area contributed by atoms with Crippen LogP contribution in [0.3, 0.4) is 0 Å². The highest BCUT2D eigenvalue weighted by Crippen LogP contribution is 2.37. The molecule has 1 aliphatic heterocycles. The van der Waals surface area contributed by atoms with Gasteiger partial charge in [-0.25, -0.2) is 0 Å². The number of benzene rings is 1. The molecule has 1 aromatic carbocycles. The van der Waals surface area contributed by atoms with Crippen LogP contribution in [0.15, 0.2) is 18.2 Å². The second-order valence-electron chi connectivity index (χ2n) is 3.25. The third-order valence-electron chi connectivity index (χ3n) is 1.98. The van der Waals surface area contributed by atoms with Crippen LogP contribution in [0.4, 0.5) is 0 Å². The van der Waals surface area contributed by atoms with Gasteiger partial charge in [0.2, 0.25) is 0 Å². The molecule has 0 saturated carbocycles. The Bertz CT molecular complexity index is 360. The lowest BCUT2D eigenvalue weighted by molar-refractivity contribution is 0.0833. The molecule has 0 fully saturated rings. The fraction of sp³-hybridized carbons (Fsp3) is 0.571. The minimum absolute atomic E-state index is 0.566. The van der Waals surface area contributed by atoms with Gasteiger partial charge in [-0.3, -0.25) is 0 Å². The maximum Gasteiger partial charge on any atom is 0.175 e. The van der Waals surface area contributed by atoms with Crippen molar-refractivity contribution in [2.75, 3.05) is 13.7 Å². The van der Waals surface area contributed by atoms with Crippen LogP contribution in [-0.4, -0.2) is 40.0 Å². The van der Waals surface area contributed by atoms with Crippen molar-refractivity contribution in [2.45, 2.75) is 39.7 Å². The first-order chi connectivity index (χ1) is 9.61. The number of fused-ring (bicyclic) bond motifs is 1. The Morgan fingerprint density at radius 2 is 1.55 bits per heavy atom. The molecule has 0 spiro atoms. The van der Waals surface area contributed by atoms with Crippen molar-refractivity contribution < 1.29 is 14.6 Å². The van der Waals surface area contributed by atoms with Gasteiger partial charge in [-0.2, -0.15) is 0 Å². The van der Waals surface area contributed by atoms with Crippen molar-refractivity contribution in [3.8, 4) is 11.5 Å². The minimum atomic E-state index is -1.54. The highest BCUT2D eigenvalue weighted by Gasteiger charge is 2.29. The summed E-state index contributed by atoms with van der Waals surface area (Å²) in [7, 11) is 11.9.